The van der Waals surface area contributed by atoms with Crippen molar-refractivity contribution >= 4 is 58.7 Å². The highest BCUT2D eigenvalue weighted by Gasteiger charge is 2.31. The van der Waals surface area contributed by atoms with Gasteiger partial charge in [-0.05, 0) is 38.2 Å². The van der Waals surface area contributed by atoms with Crippen molar-refractivity contribution in [2.75, 3.05) is 6.54 Å². The highest BCUT2D eigenvalue weighted by Crippen LogP contribution is 2.50. The quantitative estimate of drug-likeness (QED) is 0.279. The molecule has 27 heavy (non-hydrogen) atoms. The van der Waals surface area contributed by atoms with Gasteiger partial charge in [-0.25, -0.2) is 4.72 Å². The lowest BCUT2D eigenvalue weighted by Crippen LogP contribution is -2.29. The van der Waals surface area contributed by atoms with E-state index in [2.05, 4.69) is 20.7 Å². The minimum absolute atomic E-state index is 0.149. The summed E-state index contributed by atoms with van der Waals surface area (Å²) in [4.78, 5) is -0.391. The molecule has 0 aliphatic rings. The van der Waals surface area contributed by atoms with Gasteiger partial charge in [0.2, 0.25) is 14.1 Å². The lowest BCUT2D eigenvalue weighted by atomic mass is 10.1. The zero-order chi connectivity index (χ0) is 20.4. The van der Waals surface area contributed by atoms with Crippen molar-refractivity contribution in [2.24, 2.45) is 0 Å². The van der Waals surface area contributed by atoms with Gasteiger partial charge in [0.25, 0.3) is 0 Å². The molecule has 0 fully saturated rings. The minimum atomic E-state index is -2.35. The molecule has 1 heterocycles. The third-order valence-corrected chi connectivity index (χ3v) is 6.32. The fourth-order valence-corrected chi connectivity index (χ4v) is 4.31. The molecule has 1 aromatic heterocycles. The molecule has 150 valence electrons. The van der Waals surface area contributed by atoms with Crippen LogP contribution in [0.5, 0.6) is 11.5 Å². The topological polar surface area (TPSA) is 94.8 Å². The van der Waals surface area contributed by atoms with Gasteiger partial charge in [-0.3, -0.25) is 4.21 Å². The number of nitrogens with one attached hydrogen (secondary N) is 1. The van der Waals surface area contributed by atoms with Crippen LogP contribution in [-0.4, -0.2) is 28.7 Å². The number of rotatable bonds is 8. The summed E-state index contributed by atoms with van der Waals surface area (Å²) in [6.07, 6.45) is 0.381. The van der Waals surface area contributed by atoms with Crippen LogP contribution >= 0.6 is 39.1 Å². The first-order chi connectivity index (χ1) is 12.5. The molecule has 2 atom stereocenters. The summed E-state index contributed by atoms with van der Waals surface area (Å²) in [5.41, 5.74) is 0.437. The van der Waals surface area contributed by atoms with Crippen molar-refractivity contribution in [3.05, 3.63) is 34.0 Å². The van der Waals surface area contributed by atoms with E-state index >= 15 is 0 Å². The molecule has 0 saturated carbocycles. The van der Waals surface area contributed by atoms with E-state index in [9.17, 15) is 13.9 Å². The van der Waals surface area contributed by atoms with E-state index < -0.39 is 24.4 Å². The van der Waals surface area contributed by atoms with Crippen molar-refractivity contribution in [1.29, 1.82) is 0 Å². The summed E-state index contributed by atoms with van der Waals surface area (Å²) in [6.45, 7) is 6.11. The summed E-state index contributed by atoms with van der Waals surface area (Å²) in [5, 5.41) is 11.4. The van der Waals surface area contributed by atoms with E-state index in [0.717, 1.165) is 0 Å². The molecule has 2 aromatic rings. The van der Waals surface area contributed by atoms with Gasteiger partial charge in [-0.1, -0.05) is 45.2 Å². The monoisotopic (exact) mass is 514 g/mol. The second kappa shape index (κ2) is 9.30. The first-order valence-electron chi connectivity index (χ1n) is 7.97. The largest absolute Gasteiger partial charge is 0.760 e. The minimum Gasteiger partial charge on any atom is -0.760 e. The molecule has 2 N–H and O–H groups in total. The average molecular weight is 516 g/mol. The molecule has 0 radical (unpaired) electrons. The number of alkyl halides is 1. The van der Waals surface area contributed by atoms with Gasteiger partial charge in [0.05, 0.1) is 14.9 Å². The Labute approximate surface area is 179 Å². The third kappa shape index (κ3) is 5.96. The molecular formula is C16H19BrCl2NO5SSi-. The summed E-state index contributed by atoms with van der Waals surface area (Å²) in [7, 11) is -2.08. The zero-order valence-corrected chi connectivity index (χ0v) is 19.8. The first kappa shape index (κ1) is 22.7. The molecule has 0 aliphatic carbocycles. The maximum atomic E-state index is 10.8. The molecule has 0 bridgehead atoms. The van der Waals surface area contributed by atoms with Gasteiger partial charge >= 0.3 is 0 Å². The van der Waals surface area contributed by atoms with Gasteiger partial charge in [0, 0.05) is 23.4 Å². The molecule has 0 aliphatic heterocycles. The Balaban J connectivity index is 2.48. The Morgan fingerprint density at radius 2 is 2.07 bits per heavy atom. The maximum Gasteiger partial charge on any atom is 0.242 e. The molecular weight excluding hydrogens is 497 g/mol. The highest BCUT2D eigenvalue weighted by molar-refractivity contribution is 9.09. The fraction of sp³-hybridized carbons (Fsp3) is 0.375. The lowest BCUT2D eigenvalue weighted by Gasteiger charge is -2.20. The second-order valence-corrected chi connectivity index (χ2v) is 13.8. The first-order valence-corrected chi connectivity index (χ1v) is 14.1. The van der Waals surface area contributed by atoms with Gasteiger partial charge in [-0.2, -0.15) is 0 Å². The van der Waals surface area contributed by atoms with Crippen LogP contribution in [0.1, 0.15) is 17.0 Å². The standard InChI is InChI=1S/C16H20BrCl2NO5SSi/c1-27(2,3)25-16-13(21)14(9-5-4-6-11(18)12(9)19)24-15(16)10(17)7-8-20-26(22)23/h4-6,10,20-21H,7-8H2,1-3H3,(H,22,23)/p-1. The fourth-order valence-electron chi connectivity index (χ4n) is 2.30. The Kier molecular flexibility index (Phi) is 7.83. The van der Waals surface area contributed by atoms with E-state index in [0.29, 0.717) is 22.8 Å². The van der Waals surface area contributed by atoms with Crippen LogP contribution in [0, 0.1) is 0 Å². The molecule has 6 nitrogen and oxygen atoms in total. The third-order valence-electron chi connectivity index (χ3n) is 3.37. The van der Waals surface area contributed by atoms with Crippen molar-refractivity contribution in [1.82, 2.24) is 4.72 Å². The van der Waals surface area contributed by atoms with Crippen LogP contribution in [0.4, 0.5) is 0 Å². The SMILES string of the molecule is C[Si](C)(C)Oc1c(C(Br)CCNS(=O)[O-])oc(-c2cccc(Cl)c2Cl)c1O. The number of aromatic hydroxyl groups is 1. The molecule has 1 aromatic carbocycles. The van der Waals surface area contributed by atoms with Gasteiger partial charge in [0.1, 0.15) is 0 Å². The lowest BCUT2D eigenvalue weighted by molar-refractivity contribution is 0.438. The van der Waals surface area contributed by atoms with Crippen LogP contribution in [0.25, 0.3) is 11.3 Å². The van der Waals surface area contributed by atoms with Crippen molar-refractivity contribution in [2.45, 2.75) is 30.9 Å². The Hall–Kier alpha value is -0.553. The number of benzene rings is 1. The molecule has 11 heteroatoms. The number of hydrogen-bond donors (Lipinski definition) is 2. The van der Waals surface area contributed by atoms with Gasteiger partial charge in [-0.15, -0.1) is 0 Å². The Bertz CT molecular complexity index is 843. The number of furan rings is 1. The van der Waals surface area contributed by atoms with Crippen LogP contribution in [0.2, 0.25) is 29.7 Å². The van der Waals surface area contributed by atoms with E-state index in [1.165, 1.54) is 0 Å². The summed E-state index contributed by atoms with van der Waals surface area (Å²) < 4.78 is 35.5. The predicted molar refractivity (Wildman–Crippen MR) is 113 cm³/mol. The Morgan fingerprint density at radius 1 is 1.41 bits per heavy atom. The average Bonchev–Trinajstić information content (AvgIpc) is 2.85. The second-order valence-electron chi connectivity index (χ2n) is 6.67. The number of hydrogen-bond acceptors (Lipinski definition) is 5. The molecule has 0 amide bonds. The normalized spacial score (nSPS) is 14.2. The summed E-state index contributed by atoms with van der Waals surface area (Å²) >= 11 is 13.5. The molecule has 0 spiro atoms. The van der Waals surface area contributed by atoms with Crippen LogP contribution in [0.3, 0.4) is 0 Å². The molecule has 0 saturated heterocycles. The van der Waals surface area contributed by atoms with E-state index in [1.807, 2.05) is 19.6 Å². The smallest absolute Gasteiger partial charge is 0.242 e. The van der Waals surface area contributed by atoms with E-state index in [1.54, 1.807) is 18.2 Å². The molecule has 2 unspecified atom stereocenters. The maximum absolute atomic E-state index is 10.8. The molecule has 2 rings (SSSR count). The summed E-state index contributed by atoms with van der Waals surface area (Å²) in [6, 6.07) is 5.01. The van der Waals surface area contributed by atoms with E-state index in [-0.39, 0.29) is 28.8 Å². The highest BCUT2D eigenvalue weighted by atomic mass is 79.9. The van der Waals surface area contributed by atoms with Gasteiger partial charge < -0.3 is 18.5 Å². The van der Waals surface area contributed by atoms with Crippen molar-refractivity contribution < 1.29 is 22.7 Å². The number of halogens is 3. The van der Waals surface area contributed by atoms with Gasteiger partial charge in [0.15, 0.2) is 17.3 Å². The predicted octanol–water partition coefficient (Wildman–Crippen LogP) is 5.38. The summed E-state index contributed by atoms with van der Waals surface area (Å²) in [5.74, 6) is 0.571. The van der Waals surface area contributed by atoms with E-state index in [4.69, 9.17) is 32.0 Å². The van der Waals surface area contributed by atoms with Crippen molar-refractivity contribution in [3.8, 4) is 22.8 Å². The van der Waals surface area contributed by atoms with Crippen LogP contribution in [-0.2, 0) is 11.3 Å². The van der Waals surface area contributed by atoms with Crippen LogP contribution in [0.15, 0.2) is 22.6 Å². The van der Waals surface area contributed by atoms with Crippen molar-refractivity contribution in [3.63, 3.8) is 0 Å². The van der Waals surface area contributed by atoms with Crippen LogP contribution < -0.4 is 9.15 Å². The zero-order valence-electron chi connectivity index (χ0n) is 14.8. The Morgan fingerprint density at radius 3 is 2.67 bits per heavy atom.